The van der Waals surface area contributed by atoms with Crippen LogP contribution in [-0.4, -0.2) is 5.11 Å². The molecule has 0 fully saturated rings. The Kier molecular flexibility index (Phi) is 3.62. The first kappa shape index (κ1) is 11.6. The predicted octanol–water partition coefficient (Wildman–Crippen LogP) is 3.93. The summed E-state index contributed by atoms with van der Waals surface area (Å²) in [6, 6.07) is 7.85. The van der Waals surface area contributed by atoms with Crippen molar-refractivity contribution >= 4 is 15.9 Å². The van der Waals surface area contributed by atoms with Gasteiger partial charge >= 0.3 is 0 Å². The van der Waals surface area contributed by atoms with Crippen LogP contribution in [0.1, 0.15) is 24.8 Å². The molecule has 0 bridgehead atoms. The fourth-order valence-corrected chi connectivity index (χ4v) is 2.14. The fraction of sp³-hybridized carbons (Fsp3) is 0.286. The quantitative estimate of drug-likeness (QED) is 0.772. The summed E-state index contributed by atoms with van der Waals surface area (Å²) in [5.74, 6) is 0. The lowest BCUT2D eigenvalue weighted by atomic mass is 9.88. The molecule has 1 aliphatic rings. The molecule has 0 heterocycles. The summed E-state index contributed by atoms with van der Waals surface area (Å²) in [6.07, 6.45) is 10.9. The van der Waals surface area contributed by atoms with Crippen molar-refractivity contribution in [3.8, 4) is 0 Å². The second kappa shape index (κ2) is 4.98. The van der Waals surface area contributed by atoms with Crippen molar-refractivity contribution in [2.24, 2.45) is 0 Å². The standard InChI is InChI=1S/C14H15BrO/c15-13-8-6-12(7-9-13)14(16)10-4-2-1-3-5-11-14/h2,4-9,11,16H,1,3,10H2/b4-2-,11-5-. The summed E-state index contributed by atoms with van der Waals surface area (Å²) in [4.78, 5) is 0. The van der Waals surface area contributed by atoms with Gasteiger partial charge in [-0.15, -0.1) is 0 Å². The smallest absolute Gasteiger partial charge is 0.111 e. The summed E-state index contributed by atoms with van der Waals surface area (Å²) in [5.41, 5.74) is 0.0935. The van der Waals surface area contributed by atoms with E-state index in [1.807, 2.05) is 30.3 Å². The average molecular weight is 279 g/mol. The van der Waals surface area contributed by atoms with Crippen LogP contribution < -0.4 is 0 Å². The molecule has 0 aromatic heterocycles. The highest BCUT2D eigenvalue weighted by Gasteiger charge is 2.24. The van der Waals surface area contributed by atoms with Crippen molar-refractivity contribution in [1.82, 2.24) is 0 Å². The number of rotatable bonds is 1. The Balaban J connectivity index is 2.31. The minimum Gasteiger partial charge on any atom is -0.381 e. The Hall–Kier alpha value is -0.860. The summed E-state index contributed by atoms with van der Waals surface area (Å²) in [6.45, 7) is 0. The molecule has 1 aliphatic carbocycles. The summed E-state index contributed by atoms with van der Waals surface area (Å²) < 4.78 is 1.03. The first-order valence-electron chi connectivity index (χ1n) is 5.52. The van der Waals surface area contributed by atoms with E-state index in [4.69, 9.17) is 0 Å². The largest absolute Gasteiger partial charge is 0.381 e. The van der Waals surface area contributed by atoms with E-state index < -0.39 is 5.60 Å². The second-order valence-electron chi connectivity index (χ2n) is 4.09. The van der Waals surface area contributed by atoms with Crippen LogP contribution in [0.2, 0.25) is 0 Å². The van der Waals surface area contributed by atoms with Gasteiger partial charge in [-0.1, -0.05) is 52.4 Å². The molecule has 0 amide bonds. The molecular formula is C14H15BrO. The van der Waals surface area contributed by atoms with Gasteiger partial charge in [0.05, 0.1) is 0 Å². The lowest BCUT2D eigenvalue weighted by Crippen LogP contribution is -2.22. The van der Waals surface area contributed by atoms with Crippen molar-refractivity contribution < 1.29 is 5.11 Å². The summed E-state index contributed by atoms with van der Waals surface area (Å²) in [5, 5.41) is 10.6. The molecule has 1 atom stereocenters. The van der Waals surface area contributed by atoms with E-state index >= 15 is 0 Å². The number of benzene rings is 1. The highest BCUT2D eigenvalue weighted by Crippen LogP contribution is 2.29. The maximum atomic E-state index is 10.6. The Bertz CT molecular complexity index is 405. The van der Waals surface area contributed by atoms with Crippen molar-refractivity contribution in [3.63, 3.8) is 0 Å². The lowest BCUT2D eigenvalue weighted by Gasteiger charge is -2.24. The third-order valence-electron chi connectivity index (χ3n) is 2.83. The minimum atomic E-state index is -0.850. The molecule has 1 aromatic rings. The van der Waals surface area contributed by atoms with E-state index in [2.05, 4.69) is 34.2 Å². The molecule has 16 heavy (non-hydrogen) atoms. The van der Waals surface area contributed by atoms with Gasteiger partial charge in [0.2, 0.25) is 0 Å². The molecule has 0 radical (unpaired) electrons. The molecule has 84 valence electrons. The van der Waals surface area contributed by atoms with Crippen molar-refractivity contribution in [1.29, 1.82) is 0 Å². The first-order valence-corrected chi connectivity index (χ1v) is 6.31. The minimum absolute atomic E-state index is 0.644. The van der Waals surface area contributed by atoms with Gasteiger partial charge in [0.1, 0.15) is 5.60 Å². The van der Waals surface area contributed by atoms with Gasteiger partial charge in [-0.3, -0.25) is 0 Å². The Morgan fingerprint density at radius 1 is 1.00 bits per heavy atom. The monoisotopic (exact) mass is 278 g/mol. The van der Waals surface area contributed by atoms with Gasteiger partial charge in [0, 0.05) is 10.9 Å². The van der Waals surface area contributed by atoms with Gasteiger partial charge in [-0.2, -0.15) is 0 Å². The molecule has 0 saturated carbocycles. The molecule has 2 rings (SSSR count). The van der Waals surface area contributed by atoms with E-state index in [-0.39, 0.29) is 0 Å². The van der Waals surface area contributed by atoms with Crippen LogP contribution in [0, 0.1) is 0 Å². The molecule has 2 heteroatoms. The topological polar surface area (TPSA) is 20.2 Å². The zero-order valence-corrected chi connectivity index (χ0v) is 10.7. The number of hydrogen-bond acceptors (Lipinski definition) is 1. The molecule has 0 saturated heterocycles. The van der Waals surface area contributed by atoms with Crippen LogP contribution in [0.15, 0.2) is 53.0 Å². The number of hydrogen-bond donors (Lipinski definition) is 1. The third kappa shape index (κ3) is 2.63. The molecule has 1 unspecified atom stereocenters. The van der Waals surface area contributed by atoms with Gasteiger partial charge in [0.25, 0.3) is 0 Å². The highest BCUT2D eigenvalue weighted by atomic mass is 79.9. The number of halogens is 1. The average Bonchev–Trinajstić information content (AvgIpc) is 2.25. The number of aliphatic hydroxyl groups is 1. The Labute approximate surface area is 105 Å². The predicted molar refractivity (Wildman–Crippen MR) is 70.2 cm³/mol. The van der Waals surface area contributed by atoms with Crippen molar-refractivity contribution in [3.05, 3.63) is 58.6 Å². The van der Waals surface area contributed by atoms with Crippen LogP contribution in [-0.2, 0) is 5.60 Å². The van der Waals surface area contributed by atoms with Crippen LogP contribution in [0.4, 0.5) is 0 Å². The van der Waals surface area contributed by atoms with E-state index in [0.717, 1.165) is 22.9 Å². The van der Waals surface area contributed by atoms with E-state index in [1.54, 1.807) is 0 Å². The maximum Gasteiger partial charge on any atom is 0.111 e. The normalized spacial score (nSPS) is 29.1. The first-order chi connectivity index (χ1) is 7.71. The molecule has 1 aromatic carbocycles. The van der Waals surface area contributed by atoms with Gasteiger partial charge in [0.15, 0.2) is 0 Å². The molecule has 1 N–H and O–H groups in total. The van der Waals surface area contributed by atoms with Gasteiger partial charge < -0.3 is 5.11 Å². The van der Waals surface area contributed by atoms with Gasteiger partial charge in [-0.05, 0) is 30.5 Å². The summed E-state index contributed by atoms with van der Waals surface area (Å²) in [7, 11) is 0. The SMILES string of the molecule is OC1(c2ccc(Br)cc2)/C=C\CC/C=C\C1. The molecule has 1 nitrogen and oxygen atoms in total. The number of allylic oxidation sites excluding steroid dienone is 2. The fourth-order valence-electron chi connectivity index (χ4n) is 1.87. The van der Waals surface area contributed by atoms with E-state index in [0.29, 0.717) is 6.42 Å². The van der Waals surface area contributed by atoms with Crippen LogP contribution in [0.5, 0.6) is 0 Å². The van der Waals surface area contributed by atoms with Crippen molar-refractivity contribution in [2.45, 2.75) is 24.9 Å². The van der Waals surface area contributed by atoms with E-state index in [9.17, 15) is 5.11 Å². The van der Waals surface area contributed by atoms with E-state index in [1.165, 1.54) is 0 Å². The Morgan fingerprint density at radius 2 is 1.69 bits per heavy atom. The maximum absolute atomic E-state index is 10.6. The second-order valence-corrected chi connectivity index (χ2v) is 5.00. The van der Waals surface area contributed by atoms with Crippen LogP contribution in [0.3, 0.4) is 0 Å². The zero-order chi connectivity index (χ0) is 11.4. The molecule has 0 aliphatic heterocycles. The van der Waals surface area contributed by atoms with Crippen molar-refractivity contribution in [2.75, 3.05) is 0 Å². The molecular weight excluding hydrogens is 264 g/mol. The Morgan fingerprint density at radius 3 is 2.44 bits per heavy atom. The summed E-state index contributed by atoms with van der Waals surface area (Å²) >= 11 is 3.40. The van der Waals surface area contributed by atoms with Crippen LogP contribution >= 0.6 is 15.9 Å². The lowest BCUT2D eigenvalue weighted by molar-refractivity contribution is 0.0921. The van der Waals surface area contributed by atoms with Gasteiger partial charge in [-0.25, -0.2) is 0 Å². The molecule has 0 spiro atoms. The zero-order valence-electron chi connectivity index (χ0n) is 9.07. The third-order valence-corrected chi connectivity index (χ3v) is 3.36. The van der Waals surface area contributed by atoms with Crippen LogP contribution in [0.25, 0.3) is 0 Å². The highest BCUT2D eigenvalue weighted by molar-refractivity contribution is 9.10.